The number of hydrogen-bond acceptors (Lipinski definition) is 4. The Labute approximate surface area is 170 Å². The topological polar surface area (TPSA) is 75.3 Å². The molecule has 26 heavy (non-hydrogen) atoms. The van der Waals surface area contributed by atoms with Crippen LogP contribution in [-0.4, -0.2) is 38.9 Å². The van der Waals surface area contributed by atoms with Gasteiger partial charge in [-0.15, -0.1) is 0 Å². The zero-order valence-corrected chi connectivity index (χ0v) is 18.6. The molecule has 2 N–H and O–H groups in total. The molecule has 9 heteroatoms. The van der Waals surface area contributed by atoms with Gasteiger partial charge >= 0.3 is 0 Å². The second kappa shape index (κ2) is 10.2. The first-order valence-electron chi connectivity index (χ1n) is 8.20. The van der Waals surface area contributed by atoms with Crippen molar-refractivity contribution in [3.8, 4) is 0 Å². The fourth-order valence-electron chi connectivity index (χ4n) is 2.10. The summed E-state index contributed by atoms with van der Waals surface area (Å²) in [7, 11) is -3.98. The lowest BCUT2D eigenvalue weighted by Crippen LogP contribution is -2.47. The molecule has 0 aliphatic carbocycles. The predicted molar refractivity (Wildman–Crippen MR) is 111 cm³/mol. The molecule has 0 aliphatic rings. The van der Waals surface area contributed by atoms with Gasteiger partial charge in [-0.25, -0.2) is 8.42 Å². The highest BCUT2D eigenvalue weighted by Crippen LogP contribution is 2.25. The number of benzene rings is 1. The summed E-state index contributed by atoms with van der Waals surface area (Å²) in [6, 6.07) is 3.32. The van der Waals surface area contributed by atoms with Crippen LogP contribution in [0.1, 0.15) is 33.6 Å². The van der Waals surface area contributed by atoms with Crippen LogP contribution in [0.2, 0.25) is 10.0 Å². The molecular weight excluding hydrogens is 415 g/mol. The summed E-state index contributed by atoms with van der Waals surface area (Å²) in [4.78, 5) is 12.4. The maximum Gasteiger partial charge on any atom is 0.242 e. The van der Waals surface area contributed by atoms with Crippen molar-refractivity contribution >= 4 is 50.9 Å². The number of carbonyl (C=O) groups is 1. The Bertz CT molecular complexity index is 719. The average Bonchev–Trinajstić information content (AvgIpc) is 2.52. The number of carbonyl (C=O) groups excluding carboxylic acids is 1. The SMILES string of the molecule is CSCCC(NS(=O)(=O)c1cc(Cl)ccc1Cl)C(=O)NCCC(C)(C)C. The second-order valence-corrected chi connectivity index (χ2v) is 10.6. The van der Waals surface area contributed by atoms with Crippen molar-refractivity contribution in [1.29, 1.82) is 0 Å². The van der Waals surface area contributed by atoms with E-state index in [-0.39, 0.29) is 26.3 Å². The van der Waals surface area contributed by atoms with Crippen LogP contribution in [-0.2, 0) is 14.8 Å². The highest BCUT2D eigenvalue weighted by atomic mass is 35.5. The van der Waals surface area contributed by atoms with Crippen LogP contribution in [0, 0.1) is 5.41 Å². The Morgan fingerprint density at radius 2 is 1.92 bits per heavy atom. The molecule has 1 atom stereocenters. The normalized spacial score (nSPS) is 13.5. The molecule has 0 heterocycles. The molecule has 0 bridgehead atoms. The Hall–Kier alpha value is -0.470. The van der Waals surface area contributed by atoms with E-state index in [4.69, 9.17) is 23.2 Å². The largest absolute Gasteiger partial charge is 0.355 e. The molecule has 1 amide bonds. The predicted octanol–water partition coefficient (Wildman–Crippen LogP) is 3.95. The monoisotopic (exact) mass is 440 g/mol. The van der Waals surface area contributed by atoms with E-state index >= 15 is 0 Å². The van der Waals surface area contributed by atoms with E-state index in [9.17, 15) is 13.2 Å². The number of thioether (sulfide) groups is 1. The molecule has 0 saturated heterocycles. The van der Waals surface area contributed by atoms with Crippen LogP contribution in [0.3, 0.4) is 0 Å². The van der Waals surface area contributed by atoms with Crippen LogP contribution in [0.25, 0.3) is 0 Å². The van der Waals surface area contributed by atoms with Gasteiger partial charge in [-0.2, -0.15) is 16.5 Å². The Balaban J connectivity index is 2.91. The molecule has 0 fully saturated rings. The van der Waals surface area contributed by atoms with Crippen LogP contribution in [0.4, 0.5) is 0 Å². The van der Waals surface area contributed by atoms with Crippen molar-refractivity contribution in [2.24, 2.45) is 5.41 Å². The zero-order valence-electron chi connectivity index (χ0n) is 15.4. The first-order valence-corrected chi connectivity index (χ1v) is 11.8. The standard InChI is InChI=1S/C17H26Cl2N2O3S2/c1-17(2,3)8-9-20-16(22)14(7-10-25-4)21-26(23,24)15-11-12(18)5-6-13(15)19/h5-6,11,14,21H,7-10H2,1-4H3,(H,20,22). The number of rotatable bonds is 9. The lowest BCUT2D eigenvalue weighted by molar-refractivity contribution is -0.122. The van der Waals surface area contributed by atoms with Crippen LogP contribution >= 0.6 is 35.0 Å². The van der Waals surface area contributed by atoms with Crippen LogP contribution in [0.15, 0.2) is 23.1 Å². The van der Waals surface area contributed by atoms with E-state index in [1.54, 1.807) is 11.8 Å². The summed E-state index contributed by atoms with van der Waals surface area (Å²) in [5, 5.41) is 3.12. The fraction of sp³-hybridized carbons (Fsp3) is 0.588. The molecule has 0 spiro atoms. The van der Waals surface area contributed by atoms with Gasteiger partial charge in [-0.3, -0.25) is 4.79 Å². The maximum absolute atomic E-state index is 12.7. The first kappa shape index (κ1) is 23.6. The number of halogens is 2. The molecule has 1 rings (SSSR count). The molecule has 5 nitrogen and oxygen atoms in total. The van der Waals surface area contributed by atoms with Gasteiger partial charge in [0, 0.05) is 11.6 Å². The van der Waals surface area contributed by atoms with Gasteiger partial charge in [0.2, 0.25) is 15.9 Å². The van der Waals surface area contributed by atoms with Crippen LogP contribution in [0.5, 0.6) is 0 Å². The minimum atomic E-state index is -3.98. The van der Waals surface area contributed by atoms with Gasteiger partial charge in [-0.05, 0) is 48.5 Å². The van der Waals surface area contributed by atoms with E-state index in [1.807, 2.05) is 6.26 Å². The quantitative estimate of drug-likeness (QED) is 0.609. The third kappa shape index (κ3) is 8.05. The van der Waals surface area contributed by atoms with Gasteiger partial charge in [0.1, 0.15) is 10.9 Å². The molecule has 1 aromatic rings. The number of nitrogens with one attached hydrogen (secondary N) is 2. The molecular formula is C17H26Cl2N2O3S2. The highest BCUT2D eigenvalue weighted by molar-refractivity contribution is 7.98. The summed E-state index contributed by atoms with van der Waals surface area (Å²) >= 11 is 13.4. The summed E-state index contributed by atoms with van der Waals surface area (Å²) in [6.45, 7) is 6.72. The van der Waals surface area contributed by atoms with Crippen LogP contribution < -0.4 is 10.0 Å². The Kier molecular flexibility index (Phi) is 9.23. The molecule has 0 aromatic heterocycles. The number of hydrogen-bond donors (Lipinski definition) is 2. The summed E-state index contributed by atoms with van der Waals surface area (Å²) < 4.78 is 27.8. The summed E-state index contributed by atoms with van der Waals surface area (Å²) in [5.41, 5.74) is 0.0792. The number of sulfonamides is 1. The first-order chi connectivity index (χ1) is 12.0. The van der Waals surface area contributed by atoms with Gasteiger partial charge in [0.15, 0.2) is 0 Å². The second-order valence-electron chi connectivity index (χ2n) is 7.13. The lowest BCUT2D eigenvalue weighted by atomic mass is 9.92. The minimum Gasteiger partial charge on any atom is -0.355 e. The smallest absolute Gasteiger partial charge is 0.242 e. The van der Waals surface area contributed by atoms with Crippen molar-refractivity contribution in [1.82, 2.24) is 10.0 Å². The summed E-state index contributed by atoms with van der Waals surface area (Å²) in [6.07, 6.45) is 3.07. The molecule has 1 unspecified atom stereocenters. The fourth-order valence-corrected chi connectivity index (χ4v) is 4.56. The van der Waals surface area contributed by atoms with E-state index < -0.39 is 16.1 Å². The van der Waals surface area contributed by atoms with Gasteiger partial charge < -0.3 is 5.32 Å². The van der Waals surface area contributed by atoms with E-state index in [0.717, 1.165) is 6.42 Å². The molecule has 148 valence electrons. The van der Waals surface area contributed by atoms with Crippen molar-refractivity contribution in [2.45, 2.75) is 44.6 Å². The third-order valence-corrected chi connectivity index (χ3v) is 6.41. The molecule has 0 radical (unpaired) electrons. The Morgan fingerprint density at radius 1 is 1.27 bits per heavy atom. The maximum atomic E-state index is 12.7. The highest BCUT2D eigenvalue weighted by Gasteiger charge is 2.27. The third-order valence-electron chi connectivity index (χ3n) is 3.58. The van der Waals surface area contributed by atoms with E-state index in [2.05, 4.69) is 30.8 Å². The van der Waals surface area contributed by atoms with Gasteiger partial charge in [0.05, 0.1) is 5.02 Å². The van der Waals surface area contributed by atoms with E-state index in [0.29, 0.717) is 18.7 Å². The van der Waals surface area contributed by atoms with E-state index in [1.165, 1.54) is 18.2 Å². The zero-order chi connectivity index (χ0) is 20.0. The molecule has 0 aliphatic heterocycles. The average molecular weight is 441 g/mol. The van der Waals surface area contributed by atoms with Crippen molar-refractivity contribution < 1.29 is 13.2 Å². The van der Waals surface area contributed by atoms with Crippen molar-refractivity contribution in [3.05, 3.63) is 28.2 Å². The molecule has 0 saturated carbocycles. The number of amides is 1. The lowest BCUT2D eigenvalue weighted by Gasteiger charge is -2.21. The molecule has 1 aromatic carbocycles. The van der Waals surface area contributed by atoms with Crippen molar-refractivity contribution in [3.63, 3.8) is 0 Å². The van der Waals surface area contributed by atoms with Gasteiger partial charge in [-0.1, -0.05) is 44.0 Å². The summed E-state index contributed by atoms with van der Waals surface area (Å²) in [5.74, 6) is 0.299. The minimum absolute atomic E-state index is 0.0543. The van der Waals surface area contributed by atoms with Gasteiger partial charge in [0.25, 0.3) is 0 Å². The van der Waals surface area contributed by atoms with Crippen molar-refractivity contribution in [2.75, 3.05) is 18.6 Å². The Morgan fingerprint density at radius 3 is 2.50 bits per heavy atom.